The largest absolute Gasteiger partial charge is 0.473 e. The van der Waals surface area contributed by atoms with Crippen molar-refractivity contribution >= 4 is 29.7 Å². The molecule has 2 aliphatic rings. The van der Waals surface area contributed by atoms with E-state index in [0.29, 0.717) is 0 Å². The summed E-state index contributed by atoms with van der Waals surface area (Å²) < 4.78 is 0. The molecule has 1 saturated carbocycles. The lowest BCUT2D eigenvalue weighted by atomic mass is 9.89. The minimum atomic E-state index is -1.82. The summed E-state index contributed by atoms with van der Waals surface area (Å²) in [7, 11) is 0. The molecule has 2 heterocycles. The number of carbonyl (C=O) groups is 4. The van der Waals surface area contributed by atoms with E-state index in [9.17, 15) is 0 Å². The molecule has 0 bridgehead atoms. The van der Waals surface area contributed by atoms with Crippen LogP contribution in [0.1, 0.15) is 32.1 Å². The van der Waals surface area contributed by atoms with Gasteiger partial charge in [-0.3, -0.25) is 4.90 Å². The highest BCUT2D eigenvalue weighted by atomic mass is 16.4. The molecule has 11 heteroatoms. The van der Waals surface area contributed by atoms with Gasteiger partial charge in [0, 0.05) is 38.9 Å². The fourth-order valence-electron chi connectivity index (χ4n) is 3.44. The monoisotopic (exact) mass is 439 g/mol. The number of pyridine rings is 1. The van der Waals surface area contributed by atoms with Crippen LogP contribution in [0, 0.1) is 5.92 Å². The lowest BCUT2D eigenvalue weighted by Crippen LogP contribution is -2.48. The quantitative estimate of drug-likeness (QED) is 0.497. The topological polar surface area (TPSA) is 169 Å². The summed E-state index contributed by atoms with van der Waals surface area (Å²) in [4.78, 5) is 45.9. The standard InChI is InChI=1S/C16H25N3.2C2H2O4/c1-2-6-15(7-3-1)14-18-10-12-19(13-11-18)16-8-4-5-9-17-16;2*3-1(4)2(5)6/h4-5,8-9,15H,1-3,6-7,10-14H2;2*(H,3,4)(H,5,6). The third-order valence-corrected chi connectivity index (χ3v) is 4.95. The van der Waals surface area contributed by atoms with E-state index in [1.165, 1.54) is 51.7 Å². The molecule has 0 unspecified atom stereocenters. The zero-order chi connectivity index (χ0) is 23.2. The number of hydrogen-bond acceptors (Lipinski definition) is 7. The Kier molecular flexibility index (Phi) is 11.6. The number of carboxylic acids is 4. The maximum Gasteiger partial charge on any atom is 0.414 e. The number of carboxylic acid groups (broad SMARTS) is 4. The van der Waals surface area contributed by atoms with Crippen LogP contribution in [0.4, 0.5) is 5.82 Å². The molecule has 11 nitrogen and oxygen atoms in total. The van der Waals surface area contributed by atoms with E-state index in [1.54, 1.807) is 0 Å². The molecule has 172 valence electrons. The molecular weight excluding hydrogens is 410 g/mol. The van der Waals surface area contributed by atoms with Gasteiger partial charge in [-0.2, -0.15) is 0 Å². The van der Waals surface area contributed by atoms with Crippen molar-refractivity contribution in [2.24, 2.45) is 5.92 Å². The molecule has 0 atom stereocenters. The van der Waals surface area contributed by atoms with E-state index in [4.69, 9.17) is 39.6 Å². The molecule has 4 N–H and O–H groups in total. The minimum Gasteiger partial charge on any atom is -0.473 e. The van der Waals surface area contributed by atoms with Crippen LogP contribution < -0.4 is 4.90 Å². The van der Waals surface area contributed by atoms with Crippen LogP contribution in [-0.4, -0.2) is 86.9 Å². The van der Waals surface area contributed by atoms with Crippen molar-refractivity contribution in [3.8, 4) is 0 Å². The fraction of sp³-hybridized carbons (Fsp3) is 0.550. The van der Waals surface area contributed by atoms with Crippen molar-refractivity contribution in [3.63, 3.8) is 0 Å². The maximum absolute atomic E-state index is 9.10. The normalized spacial score (nSPS) is 16.7. The highest BCUT2D eigenvalue weighted by molar-refractivity contribution is 6.27. The Morgan fingerprint density at radius 3 is 1.74 bits per heavy atom. The summed E-state index contributed by atoms with van der Waals surface area (Å²) >= 11 is 0. The lowest BCUT2D eigenvalue weighted by Gasteiger charge is -2.37. The van der Waals surface area contributed by atoms with Crippen molar-refractivity contribution < 1.29 is 39.6 Å². The Balaban J connectivity index is 0.000000333. The summed E-state index contributed by atoms with van der Waals surface area (Å²) in [6.45, 7) is 5.99. The van der Waals surface area contributed by atoms with Gasteiger partial charge in [0.1, 0.15) is 5.82 Å². The third kappa shape index (κ3) is 10.9. The summed E-state index contributed by atoms with van der Waals surface area (Å²) in [5.41, 5.74) is 0. The van der Waals surface area contributed by atoms with Gasteiger partial charge < -0.3 is 25.3 Å². The molecule has 1 saturated heterocycles. The molecule has 1 aliphatic carbocycles. The number of anilines is 1. The molecule has 0 spiro atoms. The van der Waals surface area contributed by atoms with Gasteiger partial charge in [0.05, 0.1) is 0 Å². The van der Waals surface area contributed by atoms with E-state index in [1.807, 2.05) is 12.3 Å². The second kappa shape index (κ2) is 13.9. The second-order valence-corrected chi connectivity index (χ2v) is 7.20. The van der Waals surface area contributed by atoms with Gasteiger partial charge in [-0.05, 0) is 30.9 Å². The van der Waals surface area contributed by atoms with Crippen LogP contribution in [-0.2, 0) is 19.2 Å². The average molecular weight is 439 g/mol. The Hall–Kier alpha value is -3.21. The number of aromatic nitrogens is 1. The van der Waals surface area contributed by atoms with E-state index >= 15 is 0 Å². The Bertz CT molecular complexity index is 666. The van der Waals surface area contributed by atoms with E-state index in [-0.39, 0.29) is 0 Å². The van der Waals surface area contributed by atoms with Gasteiger partial charge in [-0.25, -0.2) is 24.2 Å². The number of aliphatic carboxylic acids is 4. The number of hydrogen-bond donors (Lipinski definition) is 4. The predicted octanol–water partition coefficient (Wildman–Crippen LogP) is 1.10. The molecule has 1 aliphatic heterocycles. The van der Waals surface area contributed by atoms with Crippen LogP contribution in [0.25, 0.3) is 0 Å². The van der Waals surface area contributed by atoms with Crippen LogP contribution in [0.15, 0.2) is 24.4 Å². The van der Waals surface area contributed by atoms with Crippen molar-refractivity contribution in [1.29, 1.82) is 0 Å². The van der Waals surface area contributed by atoms with Gasteiger partial charge in [0.2, 0.25) is 0 Å². The Morgan fingerprint density at radius 2 is 1.32 bits per heavy atom. The molecular formula is C20H29N3O8. The number of piperazine rings is 1. The van der Waals surface area contributed by atoms with Gasteiger partial charge in [0.25, 0.3) is 0 Å². The van der Waals surface area contributed by atoms with Crippen LogP contribution in [0.3, 0.4) is 0 Å². The van der Waals surface area contributed by atoms with Crippen molar-refractivity contribution in [2.75, 3.05) is 37.6 Å². The third-order valence-electron chi connectivity index (χ3n) is 4.95. The first kappa shape index (κ1) is 25.8. The lowest BCUT2D eigenvalue weighted by molar-refractivity contribution is -0.159. The highest BCUT2D eigenvalue weighted by Gasteiger charge is 2.21. The van der Waals surface area contributed by atoms with E-state index in [0.717, 1.165) is 24.8 Å². The van der Waals surface area contributed by atoms with Crippen molar-refractivity contribution in [2.45, 2.75) is 32.1 Å². The van der Waals surface area contributed by atoms with Crippen molar-refractivity contribution in [1.82, 2.24) is 9.88 Å². The van der Waals surface area contributed by atoms with E-state index < -0.39 is 23.9 Å². The maximum atomic E-state index is 9.10. The molecule has 3 rings (SSSR count). The first-order valence-corrected chi connectivity index (χ1v) is 10.0. The van der Waals surface area contributed by atoms with Gasteiger partial charge in [-0.1, -0.05) is 25.3 Å². The van der Waals surface area contributed by atoms with Crippen LogP contribution in [0.2, 0.25) is 0 Å². The minimum absolute atomic E-state index is 0.968. The molecule has 31 heavy (non-hydrogen) atoms. The SMILES string of the molecule is O=C(O)C(=O)O.O=C(O)C(=O)O.c1ccc(N2CCN(CC3CCCCC3)CC2)nc1. The molecule has 0 aromatic carbocycles. The Morgan fingerprint density at radius 1 is 0.806 bits per heavy atom. The smallest absolute Gasteiger partial charge is 0.414 e. The van der Waals surface area contributed by atoms with Gasteiger partial charge in [-0.15, -0.1) is 0 Å². The Labute approximate surface area is 179 Å². The molecule has 1 aromatic rings. The van der Waals surface area contributed by atoms with Crippen LogP contribution >= 0.6 is 0 Å². The second-order valence-electron chi connectivity index (χ2n) is 7.20. The summed E-state index contributed by atoms with van der Waals surface area (Å²) in [5.74, 6) is -5.19. The molecule has 1 aromatic heterocycles. The summed E-state index contributed by atoms with van der Waals surface area (Å²) in [6.07, 6.45) is 9.19. The molecule has 2 fully saturated rings. The van der Waals surface area contributed by atoms with Crippen LogP contribution in [0.5, 0.6) is 0 Å². The molecule has 0 amide bonds. The number of nitrogens with zero attached hydrogens (tertiary/aromatic N) is 3. The van der Waals surface area contributed by atoms with Crippen molar-refractivity contribution in [3.05, 3.63) is 24.4 Å². The number of rotatable bonds is 3. The zero-order valence-corrected chi connectivity index (χ0v) is 17.2. The summed E-state index contributed by atoms with van der Waals surface area (Å²) in [6, 6.07) is 6.19. The van der Waals surface area contributed by atoms with E-state index in [2.05, 4.69) is 26.9 Å². The first-order chi connectivity index (χ1) is 14.7. The summed E-state index contributed by atoms with van der Waals surface area (Å²) in [5, 5.41) is 29.6. The first-order valence-electron chi connectivity index (χ1n) is 10.0. The average Bonchev–Trinajstić information content (AvgIpc) is 2.76. The zero-order valence-electron chi connectivity index (χ0n) is 17.2. The fourth-order valence-corrected chi connectivity index (χ4v) is 3.44. The van der Waals surface area contributed by atoms with Gasteiger partial charge >= 0.3 is 23.9 Å². The predicted molar refractivity (Wildman–Crippen MR) is 110 cm³/mol. The highest BCUT2D eigenvalue weighted by Crippen LogP contribution is 2.25. The van der Waals surface area contributed by atoms with Gasteiger partial charge in [0.15, 0.2) is 0 Å². The molecule has 0 radical (unpaired) electrons.